The van der Waals surface area contributed by atoms with Crippen LogP contribution < -0.4 is 10.9 Å². The molecule has 3 heterocycles. The van der Waals surface area contributed by atoms with Crippen molar-refractivity contribution < 1.29 is 4.79 Å². The smallest absolute Gasteiger partial charge is 0.267 e. The number of rotatable bonds is 11. The lowest BCUT2D eigenvalue weighted by atomic mass is 10.1. The van der Waals surface area contributed by atoms with E-state index in [-0.39, 0.29) is 11.5 Å². The number of carbonyl (C=O) groups excluding carboxylic acids is 1. The van der Waals surface area contributed by atoms with Crippen LogP contribution in [0.1, 0.15) is 56.6 Å². The second-order valence-corrected chi connectivity index (χ2v) is 9.51. The van der Waals surface area contributed by atoms with Gasteiger partial charge in [-0.25, -0.2) is 4.98 Å². The Kier molecular flexibility index (Phi) is 8.64. The zero-order valence-electron chi connectivity index (χ0n) is 18.7. The topological polar surface area (TPSA) is 66.7 Å². The minimum atomic E-state index is -0.230. The number of pyridine rings is 1. The number of fused-ring (bicyclic) bond motifs is 1. The molecule has 1 fully saturated rings. The van der Waals surface area contributed by atoms with E-state index < -0.39 is 0 Å². The Morgan fingerprint density at radius 1 is 1.22 bits per heavy atom. The first-order valence-electron chi connectivity index (χ1n) is 11.1. The normalized spacial score (nSPS) is 15.2. The summed E-state index contributed by atoms with van der Waals surface area (Å²) in [5.74, 6) is 0.294. The second-order valence-electron chi connectivity index (χ2n) is 7.83. The van der Waals surface area contributed by atoms with Crippen molar-refractivity contribution in [1.82, 2.24) is 14.3 Å². The van der Waals surface area contributed by atoms with Crippen molar-refractivity contribution in [3.05, 3.63) is 57.4 Å². The number of carbonyl (C=O) groups is 1. The van der Waals surface area contributed by atoms with Gasteiger partial charge < -0.3 is 5.32 Å². The predicted octanol–water partition coefficient (Wildman–Crippen LogP) is 5.16. The molecule has 1 aliphatic heterocycles. The number of amides is 1. The minimum absolute atomic E-state index is 0.142. The molecule has 6 nitrogen and oxygen atoms in total. The molecule has 3 rings (SSSR count). The molecule has 32 heavy (non-hydrogen) atoms. The Morgan fingerprint density at radius 3 is 2.72 bits per heavy atom. The van der Waals surface area contributed by atoms with Gasteiger partial charge in [-0.3, -0.25) is 18.9 Å². The van der Waals surface area contributed by atoms with Crippen LogP contribution >= 0.6 is 24.0 Å². The van der Waals surface area contributed by atoms with E-state index in [2.05, 4.69) is 23.8 Å². The van der Waals surface area contributed by atoms with Crippen molar-refractivity contribution in [1.29, 1.82) is 0 Å². The quantitative estimate of drug-likeness (QED) is 0.212. The fraction of sp³-hybridized carbons (Fsp3) is 0.417. The molecule has 0 saturated carbocycles. The van der Waals surface area contributed by atoms with Gasteiger partial charge in [0.15, 0.2) is 0 Å². The first-order valence-corrected chi connectivity index (χ1v) is 12.3. The number of nitrogens with zero attached hydrogens (tertiary/aromatic N) is 3. The number of hydrogen-bond donors (Lipinski definition) is 1. The van der Waals surface area contributed by atoms with Crippen molar-refractivity contribution in [2.75, 3.05) is 18.4 Å². The third kappa shape index (κ3) is 5.48. The highest BCUT2D eigenvalue weighted by Crippen LogP contribution is 2.33. The molecule has 1 aliphatic rings. The maximum atomic E-state index is 13.3. The summed E-state index contributed by atoms with van der Waals surface area (Å²) in [4.78, 5) is 33.0. The van der Waals surface area contributed by atoms with Crippen molar-refractivity contribution in [2.45, 2.75) is 52.4 Å². The van der Waals surface area contributed by atoms with Crippen molar-refractivity contribution >= 4 is 51.7 Å². The summed E-state index contributed by atoms with van der Waals surface area (Å²) in [7, 11) is 0. The number of aromatic nitrogens is 2. The highest BCUT2D eigenvalue weighted by atomic mass is 32.2. The minimum Gasteiger partial charge on any atom is -0.366 e. The van der Waals surface area contributed by atoms with Crippen LogP contribution in [-0.4, -0.2) is 37.6 Å². The Labute approximate surface area is 198 Å². The third-order valence-corrected chi connectivity index (χ3v) is 6.76. The highest BCUT2D eigenvalue weighted by molar-refractivity contribution is 8.26. The maximum Gasteiger partial charge on any atom is 0.267 e. The number of nitrogens with one attached hydrogen (secondary N) is 1. The molecule has 170 valence electrons. The largest absolute Gasteiger partial charge is 0.366 e. The molecular formula is C24H30N4O2S2. The lowest BCUT2D eigenvalue weighted by Gasteiger charge is -2.14. The summed E-state index contributed by atoms with van der Waals surface area (Å²) in [6, 6.07) is 3.72. The summed E-state index contributed by atoms with van der Waals surface area (Å²) in [6.07, 6.45) is 11.9. The number of hydrogen-bond acceptors (Lipinski definition) is 6. The van der Waals surface area contributed by atoms with Gasteiger partial charge in [0.2, 0.25) is 0 Å². The molecule has 1 saturated heterocycles. The summed E-state index contributed by atoms with van der Waals surface area (Å²) in [5, 5.41) is 3.14. The number of thioether (sulfide) groups is 1. The summed E-state index contributed by atoms with van der Waals surface area (Å²) < 4.78 is 2.05. The van der Waals surface area contributed by atoms with Gasteiger partial charge in [0, 0.05) is 19.3 Å². The van der Waals surface area contributed by atoms with Crippen molar-refractivity contribution in [3.8, 4) is 0 Å². The van der Waals surface area contributed by atoms with Gasteiger partial charge in [0.25, 0.3) is 11.5 Å². The Balaban J connectivity index is 1.87. The van der Waals surface area contributed by atoms with Gasteiger partial charge in [0.05, 0.1) is 10.5 Å². The van der Waals surface area contributed by atoms with Crippen LogP contribution in [0.15, 0.2) is 40.7 Å². The summed E-state index contributed by atoms with van der Waals surface area (Å²) in [6.45, 7) is 8.90. The molecule has 2 aromatic heterocycles. The van der Waals surface area contributed by atoms with E-state index in [9.17, 15) is 9.59 Å². The van der Waals surface area contributed by atoms with Gasteiger partial charge in [-0.2, -0.15) is 0 Å². The summed E-state index contributed by atoms with van der Waals surface area (Å²) >= 11 is 6.70. The van der Waals surface area contributed by atoms with Crippen LogP contribution in [-0.2, 0) is 4.79 Å². The standard InChI is InChI=1S/C24H30N4O2S2/c1-4-6-7-8-9-10-14-28-23(30)19(32-24(28)31)16-18-20(25-13-5-2)26-21-17(3)12-11-15-27(21)22(18)29/h5,11-12,15-16,25H,2,4,6-10,13-14H2,1,3H3/b19-16-. The zero-order valence-corrected chi connectivity index (χ0v) is 20.4. The molecule has 0 unspecified atom stereocenters. The molecule has 0 aliphatic carbocycles. The van der Waals surface area contributed by atoms with E-state index in [0.29, 0.717) is 39.3 Å². The molecule has 0 atom stereocenters. The number of thiocarbonyl (C=S) groups is 1. The molecule has 0 bridgehead atoms. The SMILES string of the molecule is C=CCNc1nc2c(C)cccn2c(=O)c1/C=C1\SC(=S)N(CCCCCCCC)C1=O. The molecular weight excluding hydrogens is 440 g/mol. The monoisotopic (exact) mass is 470 g/mol. The summed E-state index contributed by atoms with van der Waals surface area (Å²) in [5.41, 5.74) is 1.58. The number of unbranched alkanes of at least 4 members (excludes halogenated alkanes) is 5. The molecule has 0 aromatic carbocycles. The van der Waals surface area contributed by atoms with Crippen LogP contribution in [0.25, 0.3) is 11.7 Å². The van der Waals surface area contributed by atoms with Crippen molar-refractivity contribution in [2.24, 2.45) is 0 Å². The van der Waals surface area contributed by atoms with E-state index in [1.165, 1.54) is 41.8 Å². The van der Waals surface area contributed by atoms with E-state index >= 15 is 0 Å². The molecule has 0 spiro atoms. The first kappa shape index (κ1) is 24.2. The van der Waals surface area contributed by atoms with Gasteiger partial charge in [-0.1, -0.05) is 75.1 Å². The van der Waals surface area contributed by atoms with Gasteiger partial charge in [-0.15, -0.1) is 6.58 Å². The van der Waals surface area contributed by atoms with Crippen LogP contribution in [0.5, 0.6) is 0 Å². The van der Waals surface area contributed by atoms with E-state index in [1.54, 1.807) is 23.2 Å². The number of anilines is 1. The molecule has 0 radical (unpaired) electrons. The zero-order chi connectivity index (χ0) is 23.1. The second kappa shape index (κ2) is 11.4. The van der Waals surface area contributed by atoms with Crippen LogP contribution in [0.3, 0.4) is 0 Å². The lowest BCUT2D eigenvalue weighted by Crippen LogP contribution is -2.29. The van der Waals surface area contributed by atoms with Crippen LogP contribution in [0.4, 0.5) is 5.82 Å². The van der Waals surface area contributed by atoms with Crippen LogP contribution in [0.2, 0.25) is 0 Å². The average molecular weight is 471 g/mol. The van der Waals surface area contributed by atoms with E-state index in [4.69, 9.17) is 12.2 Å². The first-order chi connectivity index (χ1) is 15.5. The Bertz CT molecular complexity index is 1110. The maximum absolute atomic E-state index is 13.3. The van der Waals surface area contributed by atoms with E-state index in [0.717, 1.165) is 18.4 Å². The third-order valence-electron chi connectivity index (χ3n) is 5.38. The average Bonchev–Trinajstić information content (AvgIpc) is 3.04. The van der Waals surface area contributed by atoms with Crippen molar-refractivity contribution in [3.63, 3.8) is 0 Å². The highest BCUT2D eigenvalue weighted by Gasteiger charge is 2.32. The predicted molar refractivity (Wildman–Crippen MR) is 138 cm³/mol. The van der Waals surface area contributed by atoms with Gasteiger partial charge >= 0.3 is 0 Å². The lowest BCUT2D eigenvalue weighted by molar-refractivity contribution is -0.122. The molecule has 2 aromatic rings. The van der Waals surface area contributed by atoms with Gasteiger partial charge in [0.1, 0.15) is 15.8 Å². The van der Waals surface area contributed by atoms with Gasteiger partial charge in [-0.05, 0) is 31.1 Å². The molecule has 1 amide bonds. The molecule has 8 heteroatoms. The fourth-order valence-electron chi connectivity index (χ4n) is 3.62. The Morgan fingerprint density at radius 2 is 1.97 bits per heavy atom. The van der Waals surface area contributed by atoms with Crippen LogP contribution in [0, 0.1) is 6.92 Å². The number of aryl methyl sites for hydroxylation is 1. The Hall–Kier alpha value is -2.45. The molecule has 1 N–H and O–H groups in total. The van der Waals surface area contributed by atoms with E-state index in [1.807, 2.05) is 19.1 Å². The fourth-order valence-corrected chi connectivity index (χ4v) is 4.91.